The predicted octanol–water partition coefficient (Wildman–Crippen LogP) is 1.29. The van der Waals surface area contributed by atoms with Crippen molar-refractivity contribution in [3.63, 3.8) is 0 Å². The molecule has 0 radical (unpaired) electrons. The summed E-state index contributed by atoms with van der Waals surface area (Å²) < 4.78 is 0. The van der Waals surface area contributed by atoms with Crippen molar-refractivity contribution in [2.24, 2.45) is 5.92 Å². The van der Waals surface area contributed by atoms with E-state index < -0.39 is 0 Å². The average Bonchev–Trinajstić information content (AvgIpc) is 2.67. The minimum Gasteiger partial charge on any atom is -0.352 e. The molecule has 0 spiro atoms. The average molecular weight is 198 g/mol. The topological polar surface area (TPSA) is 41.1 Å². The Bertz CT molecular complexity index is 176. The first-order valence-electron chi connectivity index (χ1n) is 5.74. The zero-order valence-corrected chi connectivity index (χ0v) is 9.31. The van der Waals surface area contributed by atoms with E-state index in [-0.39, 0.29) is 5.91 Å². The molecule has 14 heavy (non-hydrogen) atoms. The Balaban J connectivity index is 2.18. The molecule has 1 aliphatic rings. The highest BCUT2D eigenvalue weighted by molar-refractivity contribution is 5.78. The van der Waals surface area contributed by atoms with Gasteiger partial charge in [-0.2, -0.15) is 0 Å². The first-order valence-corrected chi connectivity index (χ1v) is 5.74. The molecule has 0 saturated heterocycles. The minimum absolute atomic E-state index is 0.131. The Hall–Kier alpha value is -0.570. The summed E-state index contributed by atoms with van der Waals surface area (Å²) in [4.78, 5) is 11.4. The summed E-state index contributed by atoms with van der Waals surface area (Å²) in [6.07, 6.45) is 5.22. The van der Waals surface area contributed by atoms with E-state index in [9.17, 15) is 4.79 Å². The first kappa shape index (κ1) is 11.5. The van der Waals surface area contributed by atoms with Crippen molar-refractivity contribution in [3.8, 4) is 0 Å². The number of rotatable bonds is 5. The second-order valence-electron chi connectivity index (χ2n) is 4.18. The van der Waals surface area contributed by atoms with Crippen LogP contribution in [0.5, 0.6) is 0 Å². The highest BCUT2D eigenvalue weighted by Gasteiger charge is 2.22. The summed E-state index contributed by atoms with van der Waals surface area (Å²) >= 11 is 0. The Labute approximate surface area is 86.6 Å². The van der Waals surface area contributed by atoms with Crippen molar-refractivity contribution in [3.05, 3.63) is 0 Å². The van der Waals surface area contributed by atoms with Gasteiger partial charge in [0.2, 0.25) is 5.91 Å². The minimum atomic E-state index is 0.131. The van der Waals surface area contributed by atoms with Gasteiger partial charge in [-0.25, -0.2) is 0 Å². The van der Waals surface area contributed by atoms with Gasteiger partial charge in [0.05, 0.1) is 6.54 Å². The molecule has 1 fully saturated rings. The van der Waals surface area contributed by atoms with E-state index in [2.05, 4.69) is 17.6 Å². The summed E-state index contributed by atoms with van der Waals surface area (Å²) in [5, 5.41) is 6.09. The Morgan fingerprint density at radius 2 is 2.07 bits per heavy atom. The van der Waals surface area contributed by atoms with Crippen molar-refractivity contribution in [2.75, 3.05) is 13.1 Å². The van der Waals surface area contributed by atoms with Crippen LogP contribution in [0.3, 0.4) is 0 Å². The second kappa shape index (κ2) is 6.02. The van der Waals surface area contributed by atoms with E-state index in [1.165, 1.54) is 25.7 Å². The zero-order chi connectivity index (χ0) is 10.4. The number of nitrogens with one attached hydrogen (secondary N) is 2. The van der Waals surface area contributed by atoms with Gasteiger partial charge in [0.1, 0.15) is 0 Å². The highest BCUT2D eigenvalue weighted by atomic mass is 16.1. The Morgan fingerprint density at radius 3 is 2.64 bits per heavy atom. The van der Waals surface area contributed by atoms with Crippen LogP contribution in [0.25, 0.3) is 0 Å². The number of carbonyl (C=O) groups excluding carboxylic acids is 1. The van der Waals surface area contributed by atoms with Crippen LogP contribution in [0.15, 0.2) is 0 Å². The number of likely N-dealkylation sites (N-methyl/N-ethyl adjacent to an activating group) is 1. The number of hydrogen-bond donors (Lipinski definition) is 2. The van der Waals surface area contributed by atoms with Crippen molar-refractivity contribution >= 4 is 5.91 Å². The third-order valence-electron chi connectivity index (χ3n) is 3.03. The summed E-state index contributed by atoms with van der Waals surface area (Å²) in [6.45, 7) is 5.44. The van der Waals surface area contributed by atoms with Crippen LogP contribution in [0, 0.1) is 5.92 Å². The lowest BCUT2D eigenvalue weighted by Gasteiger charge is -2.20. The molecule has 0 aromatic heterocycles. The van der Waals surface area contributed by atoms with Crippen LogP contribution < -0.4 is 10.6 Å². The van der Waals surface area contributed by atoms with Gasteiger partial charge in [0.25, 0.3) is 0 Å². The third-order valence-corrected chi connectivity index (χ3v) is 3.03. The van der Waals surface area contributed by atoms with Gasteiger partial charge in [-0.05, 0) is 32.2 Å². The van der Waals surface area contributed by atoms with E-state index in [0.717, 1.165) is 6.54 Å². The van der Waals surface area contributed by atoms with Crippen LogP contribution >= 0.6 is 0 Å². The first-order chi connectivity index (χ1) is 6.74. The number of carbonyl (C=O) groups is 1. The molecule has 0 aromatic carbocycles. The predicted molar refractivity (Wildman–Crippen MR) is 58.1 cm³/mol. The fourth-order valence-electron chi connectivity index (χ4n) is 2.12. The van der Waals surface area contributed by atoms with Crippen LogP contribution in [0.1, 0.15) is 39.5 Å². The molecular formula is C11H22N2O. The maximum atomic E-state index is 11.4. The molecule has 0 aromatic rings. The van der Waals surface area contributed by atoms with Gasteiger partial charge in [-0.3, -0.25) is 4.79 Å². The Morgan fingerprint density at radius 1 is 1.43 bits per heavy atom. The zero-order valence-electron chi connectivity index (χ0n) is 9.31. The molecule has 1 amide bonds. The van der Waals surface area contributed by atoms with Gasteiger partial charge in [-0.1, -0.05) is 19.8 Å². The second-order valence-corrected chi connectivity index (χ2v) is 4.18. The van der Waals surface area contributed by atoms with E-state index >= 15 is 0 Å². The Kier molecular flexibility index (Phi) is 4.94. The molecule has 0 aliphatic heterocycles. The van der Waals surface area contributed by atoms with E-state index in [0.29, 0.717) is 18.5 Å². The van der Waals surface area contributed by atoms with Crippen LogP contribution in [-0.2, 0) is 4.79 Å². The quantitative estimate of drug-likeness (QED) is 0.699. The molecule has 0 unspecified atom stereocenters. The smallest absolute Gasteiger partial charge is 0.234 e. The van der Waals surface area contributed by atoms with Crippen molar-refractivity contribution < 1.29 is 4.79 Å². The highest BCUT2D eigenvalue weighted by Crippen LogP contribution is 2.27. The SMILES string of the molecule is CCNCC(=O)N[C@H](C)C1CCCC1. The molecule has 1 atom stereocenters. The molecule has 82 valence electrons. The normalized spacial score (nSPS) is 19.6. The molecule has 3 nitrogen and oxygen atoms in total. The molecule has 1 saturated carbocycles. The number of hydrogen-bond acceptors (Lipinski definition) is 2. The van der Waals surface area contributed by atoms with Gasteiger partial charge >= 0.3 is 0 Å². The lowest BCUT2D eigenvalue weighted by Crippen LogP contribution is -2.41. The van der Waals surface area contributed by atoms with Gasteiger partial charge in [0.15, 0.2) is 0 Å². The lowest BCUT2D eigenvalue weighted by molar-refractivity contribution is -0.121. The molecule has 3 heteroatoms. The van der Waals surface area contributed by atoms with Crippen molar-refractivity contribution in [1.82, 2.24) is 10.6 Å². The fourth-order valence-corrected chi connectivity index (χ4v) is 2.12. The van der Waals surface area contributed by atoms with E-state index in [4.69, 9.17) is 0 Å². The van der Waals surface area contributed by atoms with Crippen LogP contribution in [0.2, 0.25) is 0 Å². The standard InChI is InChI=1S/C11H22N2O/c1-3-12-8-11(14)13-9(2)10-6-4-5-7-10/h9-10,12H,3-8H2,1-2H3,(H,13,14)/t9-/m1/s1. The van der Waals surface area contributed by atoms with Crippen molar-refractivity contribution in [2.45, 2.75) is 45.6 Å². The largest absolute Gasteiger partial charge is 0.352 e. The number of amides is 1. The van der Waals surface area contributed by atoms with E-state index in [1.54, 1.807) is 0 Å². The molecular weight excluding hydrogens is 176 g/mol. The molecule has 2 N–H and O–H groups in total. The molecule has 1 rings (SSSR count). The maximum Gasteiger partial charge on any atom is 0.234 e. The third kappa shape index (κ3) is 3.66. The monoisotopic (exact) mass is 198 g/mol. The fraction of sp³-hybridized carbons (Fsp3) is 0.909. The van der Waals surface area contributed by atoms with Crippen LogP contribution in [0.4, 0.5) is 0 Å². The van der Waals surface area contributed by atoms with Gasteiger partial charge in [-0.15, -0.1) is 0 Å². The summed E-state index contributed by atoms with van der Waals surface area (Å²) in [6, 6.07) is 0.351. The van der Waals surface area contributed by atoms with Gasteiger partial charge < -0.3 is 10.6 Å². The van der Waals surface area contributed by atoms with Gasteiger partial charge in [0, 0.05) is 6.04 Å². The van der Waals surface area contributed by atoms with Crippen LogP contribution in [-0.4, -0.2) is 25.0 Å². The summed E-state index contributed by atoms with van der Waals surface area (Å²) in [5.74, 6) is 0.840. The molecule has 0 bridgehead atoms. The summed E-state index contributed by atoms with van der Waals surface area (Å²) in [7, 11) is 0. The van der Waals surface area contributed by atoms with Crippen molar-refractivity contribution in [1.29, 1.82) is 0 Å². The summed E-state index contributed by atoms with van der Waals surface area (Å²) in [5.41, 5.74) is 0. The maximum absolute atomic E-state index is 11.4. The molecule has 0 heterocycles. The van der Waals surface area contributed by atoms with E-state index in [1.807, 2.05) is 6.92 Å². The molecule has 1 aliphatic carbocycles. The lowest BCUT2D eigenvalue weighted by atomic mass is 10.00.